The maximum Gasteiger partial charge on any atom is 0.303 e. The molecule has 5 nitrogen and oxygen atoms in total. The summed E-state index contributed by atoms with van der Waals surface area (Å²) in [5.74, 6) is -0.594. The lowest BCUT2D eigenvalue weighted by Gasteiger charge is -2.30. The van der Waals surface area contributed by atoms with E-state index in [2.05, 4.69) is 13.0 Å². The largest absolute Gasteiger partial charge is 0.481 e. The molecule has 1 saturated carbocycles. The molecule has 0 radical (unpaired) electrons. The minimum atomic E-state index is -0.812. The van der Waals surface area contributed by atoms with Crippen LogP contribution < -0.4 is 0 Å². The number of carbonyl (C=O) groups is 2. The van der Waals surface area contributed by atoms with Crippen molar-refractivity contribution in [3.8, 4) is 0 Å². The van der Waals surface area contributed by atoms with Crippen molar-refractivity contribution < 1.29 is 24.5 Å². The van der Waals surface area contributed by atoms with E-state index in [1.807, 2.05) is 18.2 Å². The van der Waals surface area contributed by atoms with E-state index in [-0.39, 0.29) is 24.4 Å². The number of rotatable bonds is 16. The molecule has 1 aliphatic rings. The van der Waals surface area contributed by atoms with Crippen LogP contribution in [0.15, 0.2) is 24.3 Å². The SMILES string of the molecule is CCCCCCCCC(O)/C=C/C=C/[C@@H]1CCCCC[C@H]1C(CCCC(=O)O)OC(C)=O. The van der Waals surface area contributed by atoms with Crippen molar-refractivity contribution in [1.29, 1.82) is 0 Å². The first-order chi connectivity index (χ1) is 15.4. The number of esters is 1. The standard InChI is InChI=1S/C27H46O5/c1-3-4-5-6-7-10-17-24(29)18-13-12-16-23-15-9-8-11-19-25(23)26(32-22(2)28)20-14-21-27(30)31/h12-13,16,18,23-26,29H,3-11,14-15,17,19-21H2,1-2H3,(H,30,31)/b16-12+,18-13+/t23-,24?,25+,26?/m0/s1. The van der Waals surface area contributed by atoms with E-state index in [4.69, 9.17) is 9.84 Å². The maximum atomic E-state index is 11.7. The van der Waals surface area contributed by atoms with Crippen LogP contribution in [0.2, 0.25) is 0 Å². The molecular formula is C27H46O5. The van der Waals surface area contributed by atoms with Gasteiger partial charge in [0.05, 0.1) is 6.10 Å². The van der Waals surface area contributed by atoms with Crippen LogP contribution >= 0.6 is 0 Å². The third-order valence-electron chi connectivity index (χ3n) is 6.46. The highest BCUT2D eigenvalue weighted by molar-refractivity contribution is 5.67. The van der Waals surface area contributed by atoms with Crippen molar-refractivity contribution in [1.82, 2.24) is 0 Å². The molecule has 0 aliphatic heterocycles. The molecule has 0 saturated heterocycles. The van der Waals surface area contributed by atoms with Gasteiger partial charge in [0.25, 0.3) is 0 Å². The lowest BCUT2D eigenvalue weighted by molar-refractivity contribution is -0.150. The fourth-order valence-corrected chi connectivity index (χ4v) is 4.72. The molecular weight excluding hydrogens is 404 g/mol. The summed E-state index contributed by atoms with van der Waals surface area (Å²) in [6.07, 6.45) is 22.2. The zero-order valence-electron chi connectivity index (χ0n) is 20.3. The average Bonchev–Trinajstić information content (AvgIpc) is 2.98. The van der Waals surface area contributed by atoms with Gasteiger partial charge in [-0.2, -0.15) is 0 Å². The Morgan fingerprint density at radius 3 is 2.41 bits per heavy atom. The summed E-state index contributed by atoms with van der Waals surface area (Å²) in [6.45, 7) is 3.65. The van der Waals surface area contributed by atoms with E-state index in [9.17, 15) is 14.7 Å². The second-order valence-electron chi connectivity index (χ2n) is 9.29. The minimum absolute atomic E-state index is 0.101. The van der Waals surface area contributed by atoms with E-state index in [0.717, 1.165) is 38.5 Å². The number of carbonyl (C=O) groups excluding carboxylic acids is 1. The third-order valence-corrected chi connectivity index (χ3v) is 6.46. The van der Waals surface area contributed by atoms with E-state index < -0.39 is 12.1 Å². The number of unbranched alkanes of at least 4 members (excludes halogenated alkanes) is 5. The summed E-state index contributed by atoms with van der Waals surface area (Å²) in [5, 5.41) is 19.1. The zero-order chi connectivity index (χ0) is 23.6. The molecule has 32 heavy (non-hydrogen) atoms. The third kappa shape index (κ3) is 13.7. The molecule has 1 rings (SSSR count). The predicted molar refractivity (Wildman–Crippen MR) is 129 cm³/mol. The highest BCUT2D eigenvalue weighted by Crippen LogP contribution is 2.35. The second kappa shape index (κ2) is 17.9. The molecule has 0 bridgehead atoms. The molecule has 1 fully saturated rings. The van der Waals surface area contributed by atoms with Gasteiger partial charge >= 0.3 is 11.9 Å². The Hall–Kier alpha value is -1.62. The summed E-state index contributed by atoms with van der Waals surface area (Å²) in [4.78, 5) is 22.6. The zero-order valence-corrected chi connectivity index (χ0v) is 20.3. The van der Waals surface area contributed by atoms with Crippen molar-refractivity contribution >= 4 is 11.9 Å². The quantitative estimate of drug-likeness (QED) is 0.120. The number of carboxylic acids is 1. The van der Waals surface area contributed by atoms with Crippen LogP contribution in [-0.2, 0) is 14.3 Å². The highest BCUT2D eigenvalue weighted by Gasteiger charge is 2.31. The Kier molecular flexibility index (Phi) is 15.9. The number of hydrogen-bond donors (Lipinski definition) is 2. The van der Waals surface area contributed by atoms with Gasteiger partial charge in [-0.05, 0) is 38.0 Å². The van der Waals surface area contributed by atoms with Crippen LogP contribution in [0.3, 0.4) is 0 Å². The van der Waals surface area contributed by atoms with Gasteiger partial charge in [-0.25, -0.2) is 0 Å². The summed E-state index contributed by atoms with van der Waals surface area (Å²) >= 11 is 0. The van der Waals surface area contributed by atoms with E-state index in [1.165, 1.54) is 45.4 Å². The number of hydrogen-bond acceptors (Lipinski definition) is 4. The Bertz CT molecular complexity index is 568. The van der Waals surface area contributed by atoms with Crippen molar-refractivity contribution in [2.75, 3.05) is 0 Å². The number of carboxylic acid groups (broad SMARTS) is 1. The fraction of sp³-hybridized carbons (Fsp3) is 0.778. The Morgan fingerprint density at radius 1 is 0.969 bits per heavy atom. The van der Waals surface area contributed by atoms with Gasteiger partial charge in [0, 0.05) is 19.3 Å². The Morgan fingerprint density at radius 2 is 1.69 bits per heavy atom. The molecule has 0 aromatic carbocycles. The molecule has 2 N–H and O–H groups in total. The second-order valence-corrected chi connectivity index (χ2v) is 9.29. The topological polar surface area (TPSA) is 83.8 Å². The van der Waals surface area contributed by atoms with Gasteiger partial charge in [0.15, 0.2) is 0 Å². The summed E-state index contributed by atoms with van der Waals surface area (Å²) in [5.41, 5.74) is 0. The van der Waals surface area contributed by atoms with E-state index >= 15 is 0 Å². The smallest absolute Gasteiger partial charge is 0.303 e. The van der Waals surface area contributed by atoms with E-state index in [1.54, 1.807) is 0 Å². The highest BCUT2D eigenvalue weighted by atomic mass is 16.5. The summed E-state index contributed by atoms with van der Waals surface area (Å²) in [6, 6.07) is 0. The fourth-order valence-electron chi connectivity index (χ4n) is 4.72. The van der Waals surface area contributed by atoms with Crippen molar-refractivity contribution in [2.24, 2.45) is 11.8 Å². The van der Waals surface area contributed by atoms with Crippen molar-refractivity contribution in [2.45, 2.75) is 122 Å². The molecule has 2 unspecified atom stereocenters. The average molecular weight is 451 g/mol. The molecule has 0 aromatic heterocycles. The number of aliphatic carboxylic acids is 1. The van der Waals surface area contributed by atoms with Gasteiger partial charge in [-0.1, -0.05) is 89.0 Å². The summed E-state index contributed by atoms with van der Waals surface area (Å²) in [7, 11) is 0. The first kappa shape index (κ1) is 28.4. The van der Waals surface area contributed by atoms with Crippen LogP contribution in [-0.4, -0.2) is 34.4 Å². The molecule has 0 heterocycles. The summed E-state index contributed by atoms with van der Waals surface area (Å²) < 4.78 is 5.66. The number of aliphatic hydroxyl groups is 1. The molecule has 1 aliphatic carbocycles. The van der Waals surface area contributed by atoms with Crippen LogP contribution in [0.1, 0.15) is 110 Å². The molecule has 0 aromatic rings. The van der Waals surface area contributed by atoms with Gasteiger partial charge < -0.3 is 14.9 Å². The van der Waals surface area contributed by atoms with Crippen LogP contribution in [0.25, 0.3) is 0 Å². The minimum Gasteiger partial charge on any atom is -0.481 e. The van der Waals surface area contributed by atoms with Crippen molar-refractivity contribution in [3.63, 3.8) is 0 Å². The lowest BCUT2D eigenvalue weighted by Crippen LogP contribution is -2.31. The first-order valence-corrected chi connectivity index (χ1v) is 12.9. The van der Waals surface area contributed by atoms with Crippen molar-refractivity contribution in [3.05, 3.63) is 24.3 Å². The maximum absolute atomic E-state index is 11.7. The molecule has 0 spiro atoms. The van der Waals surface area contributed by atoms with Gasteiger partial charge in [-0.15, -0.1) is 0 Å². The van der Waals surface area contributed by atoms with Gasteiger partial charge in [0.1, 0.15) is 6.10 Å². The number of aliphatic hydroxyl groups excluding tert-OH is 1. The molecule has 5 heteroatoms. The normalized spacial score (nSPS) is 21.5. The number of ether oxygens (including phenoxy) is 1. The number of allylic oxidation sites excluding steroid dienone is 3. The van der Waals surface area contributed by atoms with Gasteiger partial charge in [0.2, 0.25) is 0 Å². The lowest BCUT2D eigenvalue weighted by atomic mass is 9.81. The molecule has 184 valence electrons. The van der Waals surface area contributed by atoms with E-state index in [0.29, 0.717) is 18.8 Å². The van der Waals surface area contributed by atoms with Crippen LogP contribution in [0.5, 0.6) is 0 Å². The molecule has 4 atom stereocenters. The Labute approximate surface area is 195 Å². The van der Waals surface area contributed by atoms with Crippen LogP contribution in [0.4, 0.5) is 0 Å². The Balaban J connectivity index is 2.60. The van der Waals surface area contributed by atoms with Crippen LogP contribution in [0, 0.1) is 11.8 Å². The van der Waals surface area contributed by atoms with Gasteiger partial charge in [-0.3, -0.25) is 9.59 Å². The predicted octanol–water partition coefficient (Wildman–Crippen LogP) is 6.59. The first-order valence-electron chi connectivity index (χ1n) is 12.9. The monoisotopic (exact) mass is 450 g/mol. The molecule has 0 amide bonds.